The first-order valence-electron chi connectivity index (χ1n) is 12.5. The Balaban J connectivity index is 1.66. The molecule has 3 aromatic rings. The average molecular weight is 508 g/mol. The molecule has 4 rings (SSSR count). The van der Waals surface area contributed by atoms with Crippen molar-refractivity contribution in [3.05, 3.63) is 71.0 Å². The van der Waals surface area contributed by atoms with Gasteiger partial charge >= 0.3 is 0 Å². The van der Waals surface area contributed by atoms with Crippen LogP contribution in [0.25, 0.3) is 22.3 Å². The Morgan fingerprint density at radius 3 is 2.57 bits per heavy atom. The highest BCUT2D eigenvalue weighted by atomic mass is 19.1. The molecular formula is C29H34FN3O4. The molecule has 196 valence electrons. The number of anilines is 1. The number of carbonyl (C=O) groups is 1. The predicted octanol–water partition coefficient (Wildman–Crippen LogP) is 3.79. The number of morpholine rings is 1. The van der Waals surface area contributed by atoms with Gasteiger partial charge in [0.25, 0.3) is 5.91 Å². The summed E-state index contributed by atoms with van der Waals surface area (Å²) in [5.74, 6) is -0.0930. The zero-order chi connectivity index (χ0) is 26.4. The van der Waals surface area contributed by atoms with E-state index in [4.69, 9.17) is 14.6 Å². The van der Waals surface area contributed by atoms with E-state index in [-0.39, 0.29) is 24.9 Å². The van der Waals surface area contributed by atoms with Gasteiger partial charge in [0.15, 0.2) is 0 Å². The number of methoxy groups -OCH3 is 1. The molecule has 1 aliphatic heterocycles. The lowest BCUT2D eigenvalue weighted by Crippen LogP contribution is -2.45. The topological polar surface area (TPSA) is 91.9 Å². The molecule has 0 aromatic heterocycles. The second-order valence-electron chi connectivity index (χ2n) is 9.05. The summed E-state index contributed by atoms with van der Waals surface area (Å²) in [6.07, 6.45) is -0.520. The van der Waals surface area contributed by atoms with Gasteiger partial charge in [-0.25, -0.2) is 4.39 Å². The number of carbonyl (C=O) groups excluding carboxylic acids is 1. The second-order valence-corrected chi connectivity index (χ2v) is 9.05. The predicted molar refractivity (Wildman–Crippen MR) is 143 cm³/mol. The van der Waals surface area contributed by atoms with Gasteiger partial charge in [-0.1, -0.05) is 30.3 Å². The average Bonchev–Trinajstić information content (AvgIpc) is 2.91. The van der Waals surface area contributed by atoms with Crippen molar-refractivity contribution in [2.24, 2.45) is 0 Å². The van der Waals surface area contributed by atoms with E-state index in [0.717, 1.165) is 40.0 Å². The zero-order valence-electron chi connectivity index (χ0n) is 21.5. The zero-order valence-corrected chi connectivity index (χ0v) is 21.5. The third kappa shape index (κ3) is 5.99. The molecule has 8 heteroatoms. The molecule has 1 fully saturated rings. The first kappa shape index (κ1) is 26.8. The van der Waals surface area contributed by atoms with Crippen molar-refractivity contribution in [1.29, 1.82) is 0 Å². The minimum Gasteiger partial charge on any atom is -0.496 e. The Morgan fingerprint density at radius 1 is 1.14 bits per heavy atom. The number of benzene rings is 3. The number of hydrogen-bond acceptors (Lipinski definition) is 6. The van der Waals surface area contributed by atoms with Crippen LogP contribution >= 0.6 is 0 Å². The Bertz CT molecular complexity index is 1260. The number of nitrogens with one attached hydrogen (secondary N) is 3. The van der Waals surface area contributed by atoms with Crippen LogP contribution in [0.5, 0.6) is 5.75 Å². The maximum absolute atomic E-state index is 15.1. The molecule has 1 heterocycles. The van der Waals surface area contributed by atoms with E-state index < -0.39 is 6.10 Å². The van der Waals surface area contributed by atoms with Gasteiger partial charge in [0.1, 0.15) is 17.7 Å². The lowest BCUT2D eigenvalue weighted by molar-refractivity contribution is -0.128. The number of hydrogen-bond donors (Lipinski definition) is 4. The Labute approximate surface area is 217 Å². The highest BCUT2D eigenvalue weighted by Gasteiger charge is 2.23. The van der Waals surface area contributed by atoms with Gasteiger partial charge < -0.3 is 30.5 Å². The monoisotopic (exact) mass is 507 g/mol. The van der Waals surface area contributed by atoms with E-state index in [1.54, 1.807) is 0 Å². The molecule has 7 nitrogen and oxygen atoms in total. The fourth-order valence-corrected chi connectivity index (χ4v) is 4.66. The summed E-state index contributed by atoms with van der Waals surface area (Å²) in [7, 11) is 1.52. The van der Waals surface area contributed by atoms with Gasteiger partial charge in [-0.2, -0.15) is 0 Å². The lowest BCUT2D eigenvalue weighted by atomic mass is 9.90. The number of rotatable bonds is 9. The van der Waals surface area contributed by atoms with Crippen LogP contribution in [0.3, 0.4) is 0 Å². The van der Waals surface area contributed by atoms with E-state index in [2.05, 4.69) is 16.0 Å². The largest absolute Gasteiger partial charge is 0.496 e. The molecule has 0 radical (unpaired) electrons. The van der Waals surface area contributed by atoms with E-state index >= 15 is 4.39 Å². The first-order valence-corrected chi connectivity index (χ1v) is 12.5. The van der Waals surface area contributed by atoms with E-state index in [0.29, 0.717) is 36.6 Å². The van der Waals surface area contributed by atoms with Crippen LogP contribution in [0.4, 0.5) is 10.1 Å². The quantitative estimate of drug-likeness (QED) is 0.330. The van der Waals surface area contributed by atoms with Gasteiger partial charge in [0, 0.05) is 37.4 Å². The summed E-state index contributed by atoms with van der Waals surface area (Å²) < 4.78 is 26.2. The van der Waals surface area contributed by atoms with Crippen molar-refractivity contribution in [1.82, 2.24) is 10.6 Å². The molecule has 1 amide bonds. The molecule has 0 bridgehead atoms. The SMILES string of the molecule is COc1cc(-c2cccc(-c3cccc(NC(=O)C4CNCCO4)c3C)c2C)cc(F)c1CNCCO. The lowest BCUT2D eigenvalue weighted by Gasteiger charge is -2.23. The fraction of sp³-hybridized carbons (Fsp3) is 0.345. The number of ether oxygens (including phenoxy) is 2. The summed E-state index contributed by atoms with van der Waals surface area (Å²) in [4.78, 5) is 12.7. The third-order valence-corrected chi connectivity index (χ3v) is 6.71. The summed E-state index contributed by atoms with van der Waals surface area (Å²) >= 11 is 0. The molecule has 1 atom stereocenters. The second kappa shape index (κ2) is 12.3. The molecule has 0 spiro atoms. The minimum absolute atomic E-state index is 0.0239. The molecule has 37 heavy (non-hydrogen) atoms. The van der Waals surface area contributed by atoms with Crippen LogP contribution < -0.4 is 20.7 Å². The smallest absolute Gasteiger partial charge is 0.254 e. The standard InChI is InChI=1S/C29H34FN3O4/c1-18-21(20-14-25(30)24(16-31-10-12-34)27(15-20)36-3)6-4-7-22(18)23-8-5-9-26(19(23)2)33-29(35)28-17-32-11-13-37-28/h4-9,14-15,28,31-32,34H,10-13,16-17H2,1-3H3,(H,33,35). The summed E-state index contributed by atoms with van der Waals surface area (Å²) in [6.45, 7) is 6.34. The number of aliphatic hydroxyl groups excluding tert-OH is 1. The Hall–Kier alpha value is -3.30. The molecule has 0 aliphatic carbocycles. The molecule has 1 unspecified atom stereocenters. The van der Waals surface area contributed by atoms with Gasteiger partial charge in [0.05, 0.1) is 20.3 Å². The summed E-state index contributed by atoms with van der Waals surface area (Å²) in [5.41, 5.74) is 6.66. The summed E-state index contributed by atoms with van der Waals surface area (Å²) in [6, 6.07) is 15.1. The van der Waals surface area contributed by atoms with Crippen LogP contribution in [0.1, 0.15) is 16.7 Å². The Kier molecular flexibility index (Phi) is 8.89. The third-order valence-electron chi connectivity index (χ3n) is 6.71. The van der Waals surface area contributed by atoms with Gasteiger partial charge in [-0.15, -0.1) is 0 Å². The van der Waals surface area contributed by atoms with Gasteiger partial charge in [-0.05, 0) is 65.4 Å². The maximum atomic E-state index is 15.1. The number of aliphatic hydroxyl groups is 1. The van der Waals surface area contributed by atoms with Gasteiger partial charge in [0.2, 0.25) is 0 Å². The normalized spacial score (nSPS) is 15.4. The van der Waals surface area contributed by atoms with Crippen molar-refractivity contribution in [3.63, 3.8) is 0 Å². The van der Waals surface area contributed by atoms with E-state index in [1.165, 1.54) is 13.2 Å². The van der Waals surface area contributed by atoms with E-state index in [1.807, 2.05) is 56.3 Å². The number of amides is 1. The molecule has 0 saturated carbocycles. The maximum Gasteiger partial charge on any atom is 0.254 e. The van der Waals surface area contributed by atoms with Crippen LogP contribution in [-0.2, 0) is 16.1 Å². The van der Waals surface area contributed by atoms with Crippen LogP contribution in [0.2, 0.25) is 0 Å². The summed E-state index contributed by atoms with van der Waals surface area (Å²) in [5, 5.41) is 18.2. The van der Waals surface area contributed by atoms with Crippen molar-refractivity contribution in [2.45, 2.75) is 26.5 Å². The molecule has 1 saturated heterocycles. The highest BCUT2D eigenvalue weighted by molar-refractivity contribution is 5.96. The van der Waals surface area contributed by atoms with Crippen molar-refractivity contribution in [3.8, 4) is 28.0 Å². The van der Waals surface area contributed by atoms with Crippen molar-refractivity contribution >= 4 is 11.6 Å². The van der Waals surface area contributed by atoms with Gasteiger partial charge in [-0.3, -0.25) is 4.79 Å². The van der Waals surface area contributed by atoms with Crippen molar-refractivity contribution in [2.75, 3.05) is 45.3 Å². The molecule has 4 N–H and O–H groups in total. The van der Waals surface area contributed by atoms with Crippen LogP contribution in [0, 0.1) is 19.7 Å². The minimum atomic E-state index is -0.520. The molecular weight excluding hydrogens is 473 g/mol. The Morgan fingerprint density at radius 2 is 1.86 bits per heavy atom. The fourth-order valence-electron chi connectivity index (χ4n) is 4.66. The van der Waals surface area contributed by atoms with Crippen molar-refractivity contribution < 1.29 is 23.8 Å². The number of halogens is 1. The molecule has 3 aromatic carbocycles. The van der Waals surface area contributed by atoms with Crippen LogP contribution in [-0.4, -0.2) is 57.1 Å². The first-order chi connectivity index (χ1) is 17.9. The van der Waals surface area contributed by atoms with E-state index in [9.17, 15) is 4.79 Å². The highest BCUT2D eigenvalue weighted by Crippen LogP contribution is 2.37. The van der Waals surface area contributed by atoms with Crippen LogP contribution in [0.15, 0.2) is 48.5 Å². The molecule has 1 aliphatic rings.